The Balaban J connectivity index is 1.56. The van der Waals surface area contributed by atoms with Crippen LogP contribution in [0.3, 0.4) is 0 Å². The molecule has 4 atom stereocenters. The third kappa shape index (κ3) is 5.36. The van der Waals surface area contributed by atoms with Crippen LogP contribution in [0.5, 0.6) is 0 Å². The summed E-state index contributed by atoms with van der Waals surface area (Å²) in [6.45, 7) is 4.33. The van der Waals surface area contributed by atoms with E-state index < -0.39 is 0 Å². The topological polar surface area (TPSA) is 37.4 Å². The molecule has 0 radical (unpaired) electrons. The Bertz CT molecular complexity index is 1190. The molecule has 0 spiro atoms. The normalized spacial score (nSPS) is 23.3. The van der Waals surface area contributed by atoms with Gasteiger partial charge in [-0.25, -0.2) is 0 Å². The number of benzene rings is 3. The molecule has 0 bridgehead atoms. The van der Waals surface area contributed by atoms with Crippen molar-refractivity contribution < 1.29 is 9.59 Å². The number of likely N-dealkylation sites (tertiary alicyclic amines) is 1. The highest BCUT2D eigenvalue weighted by Gasteiger charge is 2.43. The predicted octanol–water partition coefficient (Wildman–Crippen LogP) is 6.18. The van der Waals surface area contributed by atoms with Crippen LogP contribution in [-0.4, -0.2) is 29.6 Å². The molecule has 1 aliphatic carbocycles. The molecule has 1 aliphatic heterocycles. The van der Waals surface area contributed by atoms with Crippen molar-refractivity contribution in [3.05, 3.63) is 119 Å². The van der Waals surface area contributed by atoms with Gasteiger partial charge < -0.3 is 4.79 Å². The molecule has 1 heterocycles. The number of allylic oxidation sites excluding steroid dienone is 1. The number of fused-ring (bicyclic) bond motifs is 1. The first-order chi connectivity index (χ1) is 17.1. The summed E-state index contributed by atoms with van der Waals surface area (Å²) in [5.41, 5.74) is 4.96. The lowest BCUT2D eigenvalue weighted by Gasteiger charge is -2.47. The van der Waals surface area contributed by atoms with Gasteiger partial charge in [0.05, 0.1) is 0 Å². The molecule has 4 unspecified atom stereocenters. The molecule has 3 aromatic rings. The molecular weight excluding hydrogens is 430 g/mol. The molecule has 35 heavy (non-hydrogen) atoms. The Morgan fingerprint density at radius 1 is 0.857 bits per heavy atom. The highest BCUT2D eigenvalue weighted by atomic mass is 16.1. The van der Waals surface area contributed by atoms with Gasteiger partial charge >= 0.3 is 0 Å². The van der Waals surface area contributed by atoms with Crippen molar-refractivity contribution in [2.45, 2.75) is 38.1 Å². The number of piperidine rings is 1. The van der Waals surface area contributed by atoms with Gasteiger partial charge in [0, 0.05) is 44.3 Å². The van der Waals surface area contributed by atoms with Crippen molar-refractivity contribution >= 4 is 11.6 Å². The summed E-state index contributed by atoms with van der Waals surface area (Å²) >= 11 is 0. The van der Waals surface area contributed by atoms with Crippen LogP contribution in [0.15, 0.2) is 103 Å². The number of nitrogens with zero attached hydrogens (tertiary/aromatic N) is 1. The number of hydrogen-bond acceptors (Lipinski definition) is 3. The van der Waals surface area contributed by atoms with Crippen molar-refractivity contribution in [3.63, 3.8) is 0 Å². The first-order valence-corrected chi connectivity index (χ1v) is 12.7. The van der Waals surface area contributed by atoms with E-state index in [-0.39, 0.29) is 35.2 Å². The monoisotopic (exact) mass is 463 g/mol. The Labute approximate surface area is 208 Å². The third-order valence-electron chi connectivity index (χ3n) is 7.70. The number of rotatable bonds is 7. The van der Waals surface area contributed by atoms with Crippen molar-refractivity contribution in [1.82, 2.24) is 4.90 Å². The minimum atomic E-state index is 0.0587. The molecule has 178 valence electrons. The van der Waals surface area contributed by atoms with E-state index in [2.05, 4.69) is 83.8 Å². The average Bonchev–Trinajstić information content (AvgIpc) is 2.88. The van der Waals surface area contributed by atoms with E-state index in [1.54, 1.807) is 6.92 Å². The van der Waals surface area contributed by atoms with Gasteiger partial charge in [0.1, 0.15) is 5.78 Å². The quantitative estimate of drug-likeness (QED) is 0.420. The van der Waals surface area contributed by atoms with Crippen LogP contribution in [0, 0.1) is 11.8 Å². The molecular formula is C32H33NO2. The summed E-state index contributed by atoms with van der Waals surface area (Å²) in [6, 6.07) is 31.5. The van der Waals surface area contributed by atoms with Crippen molar-refractivity contribution in [3.8, 4) is 0 Å². The Hall–Kier alpha value is -3.30. The standard InChI is InChI=1S/C32H33NO2/c1-23(34)17-28(25-13-7-3-8-14-25)31-21-33(20-24-11-5-2-6-12-24)22-32-29(18-27(35)19-30(31)32)26-15-9-4-10-16-26/h2-16,19,28-29,31-32H,17-18,20-22H2,1H3. The molecule has 0 amide bonds. The highest BCUT2D eigenvalue weighted by Crippen LogP contribution is 2.48. The second-order valence-corrected chi connectivity index (χ2v) is 10.1. The van der Waals surface area contributed by atoms with Gasteiger partial charge in [0.15, 0.2) is 5.78 Å². The molecule has 0 aromatic heterocycles. The summed E-state index contributed by atoms with van der Waals surface area (Å²) in [6.07, 6.45) is 2.97. The van der Waals surface area contributed by atoms with Gasteiger partial charge in [0.25, 0.3) is 0 Å². The minimum Gasteiger partial charge on any atom is -0.300 e. The van der Waals surface area contributed by atoms with Crippen LogP contribution < -0.4 is 0 Å². The molecule has 0 saturated carbocycles. The lowest BCUT2D eigenvalue weighted by Crippen LogP contribution is -2.47. The molecule has 0 N–H and O–H groups in total. The SMILES string of the molecule is CC(=O)CC(c1ccccc1)C1CN(Cc2ccccc2)CC2C1=CC(=O)CC2c1ccccc1. The molecule has 5 rings (SSSR count). The van der Waals surface area contributed by atoms with E-state index in [0.29, 0.717) is 12.8 Å². The number of hydrogen-bond donors (Lipinski definition) is 0. The summed E-state index contributed by atoms with van der Waals surface area (Å²) in [7, 11) is 0. The lowest BCUT2D eigenvalue weighted by atomic mass is 9.64. The smallest absolute Gasteiger partial charge is 0.156 e. The first-order valence-electron chi connectivity index (χ1n) is 12.7. The van der Waals surface area contributed by atoms with Crippen molar-refractivity contribution in [2.75, 3.05) is 13.1 Å². The minimum absolute atomic E-state index is 0.0587. The fraction of sp³-hybridized carbons (Fsp3) is 0.312. The zero-order chi connectivity index (χ0) is 24.2. The van der Waals surface area contributed by atoms with Gasteiger partial charge in [-0.3, -0.25) is 9.69 Å². The number of carbonyl (C=O) groups is 2. The lowest BCUT2D eigenvalue weighted by molar-refractivity contribution is -0.117. The third-order valence-corrected chi connectivity index (χ3v) is 7.70. The van der Waals surface area contributed by atoms with Gasteiger partial charge in [-0.05, 0) is 41.5 Å². The van der Waals surface area contributed by atoms with E-state index in [4.69, 9.17) is 0 Å². The van der Waals surface area contributed by atoms with Crippen molar-refractivity contribution in [1.29, 1.82) is 0 Å². The molecule has 2 aliphatic rings. The largest absolute Gasteiger partial charge is 0.300 e. The second-order valence-electron chi connectivity index (χ2n) is 10.1. The van der Waals surface area contributed by atoms with E-state index >= 15 is 0 Å². The summed E-state index contributed by atoms with van der Waals surface area (Å²) in [5, 5.41) is 0. The number of carbonyl (C=O) groups excluding carboxylic acids is 2. The van der Waals surface area contributed by atoms with E-state index in [9.17, 15) is 9.59 Å². The fourth-order valence-corrected chi connectivity index (χ4v) is 6.18. The Morgan fingerprint density at radius 2 is 1.49 bits per heavy atom. The summed E-state index contributed by atoms with van der Waals surface area (Å²) < 4.78 is 0. The highest BCUT2D eigenvalue weighted by molar-refractivity contribution is 5.92. The number of ketones is 2. The fourth-order valence-electron chi connectivity index (χ4n) is 6.18. The van der Waals surface area contributed by atoms with Crippen LogP contribution in [-0.2, 0) is 16.1 Å². The maximum atomic E-state index is 13.0. The molecule has 1 fully saturated rings. The Kier molecular flexibility index (Phi) is 7.06. The Morgan fingerprint density at radius 3 is 2.14 bits per heavy atom. The van der Waals surface area contributed by atoms with E-state index in [0.717, 1.165) is 19.6 Å². The van der Waals surface area contributed by atoms with Gasteiger partial charge in [0.2, 0.25) is 0 Å². The van der Waals surface area contributed by atoms with Gasteiger partial charge in [-0.2, -0.15) is 0 Å². The zero-order valence-electron chi connectivity index (χ0n) is 20.3. The van der Waals surface area contributed by atoms with E-state index in [1.165, 1.54) is 22.3 Å². The average molecular weight is 464 g/mol. The molecule has 3 nitrogen and oxygen atoms in total. The van der Waals surface area contributed by atoms with Gasteiger partial charge in [-0.1, -0.05) is 96.6 Å². The van der Waals surface area contributed by atoms with Crippen molar-refractivity contribution in [2.24, 2.45) is 11.8 Å². The van der Waals surface area contributed by atoms with Crippen LogP contribution in [0.1, 0.15) is 48.3 Å². The maximum Gasteiger partial charge on any atom is 0.156 e. The maximum absolute atomic E-state index is 13.0. The number of Topliss-reactive ketones (excluding diaryl/α,β-unsaturated/α-hetero) is 1. The second kappa shape index (κ2) is 10.5. The summed E-state index contributed by atoms with van der Waals surface area (Å²) in [4.78, 5) is 28.0. The molecule has 3 aromatic carbocycles. The van der Waals surface area contributed by atoms with Crippen LogP contribution >= 0.6 is 0 Å². The molecule has 1 saturated heterocycles. The molecule has 3 heteroatoms. The first kappa shape index (κ1) is 23.4. The van der Waals surface area contributed by atoms with Crippen LogP contribution in [0.2, 0.25) is 0 Å². The van der Waals surface area contributed by atoms with Crippen LogP contribution in [0.4, 0.5) is 0 Å². The van der Waals surface area contributed by atoms with Crippen LogP contribution in [0.25, 0.3) is 0 Å². The zero-order valence-corrected chi connectivity index (χ0v) is 20.3. The van der Waals surface area contributed by atoms with Gasteiger partial charge in [-0.15, -0.1) is 0 Å². The summed E-state index contributed by atoms with van der Waals surface area (Å²) in [5.74, 6) is 1.01. The van der Waals surface area contributed by atoms with E-state index in [1.807, 2.05) is 18.2 Å². The predicted molar refractivity (Wildman–Crippen MR) is 140 cm³/mol.